The molecule has 1 N–H and O–H groups in total. The molecule has 136 valence electrons. The normalized spacial score (nSPS) is 15.6. The van der Waals surface area contributed by atoms with Crippen molar-refractivity contribution in [2.24, 2.45) is 0 Å². The van der Waals surface area contributed by atoms with Gasteiger partial charge in [-0.25, -0.2) is 4.68 Å². The quantitative estimate of drug-likeness (QED) is 0.534. The van der Waals surface area contributed by atoms with Crippen LogP contribution in [-0.4, -0.2) is 14.8 Å². The molecule has 4 aromatic rings. The van der Waals surface area contributed by atoms with Crippen molar-refractivity contribution in [2.45, 2.75) is 44.9 Å². The van der Waals surface area contributed by atoms with Gasteiger partial charge in [0.2, 0.25) is 0 Å². The van der Waals surface area contributed by atoms with Crippen LogP contribution in [0.2, 0.25) is 0 Å². The van der Waals surface area contributed by atoms with Gasteiger partial charge in [-0.1, -0.05) is 37.5 Å². The summed E-state index contributed by atoms with van der Waals surface area (Å²) in [6.45, 7) is 2.03. The first-order chi connectivity index (χ1) is 13.2. The molecule has 0 amide bonds. The van der Waals surface area contributed by atoms with Gasteiger partial charge >= 0.3 is 0 Å². The molecular weight excluding hydrogens is 334 g/mol. The Labute approximate surface area is 157 Å². The van der Waals surface area contributed by atoms with Gasteiger partial charge < -0.3 is 0 Å². The molecule has 0 atom stereocenters. The number of aromatic amines is 1. The Kier molecular flexibility index (Phi) is 3.85. The number of rotatable bonds is 2. The van der Waals surface area contributed by atoms with Gasteiger partial charge in [-0.2, -0.15) is 0 Å². The molecule has 2 heterocycles. The summed E-state index contributed by atoms with van der Waals surface area (Å²) in [5.41, 5.74) is 5.12. The van der Waals surface area contributed by atoms with Crippen LogP contribution in [0.25, 0.3) is 27.5 Å². The number of nitrogens with one attached hydrogen (secondary N) is 1. The molecular formula is C23H23N3O. The van der Waals surface area contributed by atoms with Gasteiger partial charge in [0.25, 0.3) is 5.56 Å². The number of benzene rings is 2. The summed E-state index contributed by atoms with van der Waals surface area (Å²) in [5.74, 6) is 0.629. The zero-order chi connectivity index (χ0) is 18.4. The smallest absolute Gasteiger partial charge is 0.280 e. The Balaban J connectivity index is 1.71. The lowest BCUT2D eigenvalue weighted by Crippen LogP contribution is -2.14. The topological polar surface area (TPSA) is 50.7 Å². The van der Waals surface area contributed by atoms with E-state index >= 15 is 0 Å². The lowest BCUT2D eigenvalue weighted by atomic mass is 9.83. The first-order valence-corrected chi connectivity index (χ1v) is 9.81. The molecule has 2 aromatic heterocycles. The minimum Gasteiger partial charge on any atom is -0.290 e. The lowest BCUT2D eigenvalue weighted by molar-refractivity contribution is 0.444. The fourth-order valence-electron chi connectivity index (χ4n) is 4.41. The third-order valence-corrected chi connectivity index (χ3v) is 5.89. The lowest BCUT2D eigenvalue weighted by Gasteiger charge is -2.22. The number of nitrogens with zero attached hydrogens (tertiary/aromatic N) is 2. The molecule has 4 nitrogen and oxygen atoms in total. The highest BCUT2D eigenvalue weighted by molar-refractivity contribution is 6.03. The summed E-state index contributed by atoms with van der Waals surface area (Å²) in [4.78, 5) is 17.5. The van der Waals surface area contributed by atoms with Crippen LogP contribution < -0.4 is 5.56 Å². The Hall–Kier alpha value is -2.88. The molecule has 1 fully saturated rings. The van der Waals surface area contributed by atoms with Gasteiger partial charge in [0.05, 0.1) is 22.1 Å². The molecule has 27 heavy (non-hydrogen) atoms. The van der Waals surface area contributed by atoms with Crippen LogP contribution in [0.15, 0.2) is 53.5 Å². The SMILES string of the molecule is Cc1cccc(-n2[nH]c3c(cnc4ccc(C5CCCCC5)cc43)c2=O)c1. The standard InChI is InChI=1S/C23H23N3O/c1-15-6-5-9-18(12-15)26-23(27)20-14-24-21-11-10-17(13-19(21)22(20)25-26)16-7-3-2-4-8-16/h5-6,9-14,16,25H,2-4,7-8H2,1H3. The zero-order valence-corrected chi connectivity index (χ0v) is 15.5. The third kappa shape index (κ3) is 2.76. The third-order valence-electron chi connectivity index (χ3n) is 5.89. The summed E-state index contributed by atoms with van der Waals surface area (Å²) in [6, 6.07) is 14.5. The minimum atomic E-state index is -0.0481. The number of aryl methyl sites for hydroxylation is 1. The van der Waals surface area contributed by atoms with E-state index in [2.05, 4.69) is 28.3 Å². The van der Waals surface area contributed by atoms with Gasteiger partial charge in [0.1, 0.15) is 0 Å². The molecule has 0 aliphatic heterocycles. The number of aromatic nitrogens is 3. The largest absolute Gasteiger partial charge is 0.290 e. The van der Waals surface area contributed by atoms with Crippen LogP contribution in [0, 0.1) is 6.92 Å². The number of pyridine rings is 1. The first-order valence-electron chi connectivity index (χ1n) is 9.81. The van der Waals surface area contributed by atoms with Gasteiger partial charge in [0.15, 0.2) is 0 Å². The highest BCUT2D eigenvalue weighted by Gasteiger charge is 2.18. The minimum absolute atomic E-state index is 0.0481. The maximum absolute atomic E-state index is 13.0. The summed E-state index contributed by atoms with van der Waals surface area (Å²) >= 11 is 0. The van der Waals surface area contributed by atoms with Crippen molar-refractivity contribution in [3.8, 4) is 5.69 Å². The van der Waals surface area contributed by atoms with Gasteiger partial charge in [-0.3, -0.25) is 14.9 Å². The second kappa shape index (κ2) is 6.38. The summed E-state index contributed by atoms with van der Waals surface area (Å²) in [6.07, 6.45) is 8.19. The molecule has 0 saturated heterocycles. The Morgan fingerprint density at radius 1 is 1.04 bits per heavy atom. The summed E-state index contributed by atoms with van der Waals surface area (Å²) in [5, 5.41) is 5.03. The van der Waals surface area contributed by atoms with Gasteiger partial charge in [-0.15, -0.1) is 0 Å². The molecule has 0 radical (unpaired) electrons. The van der Waals surface area contributed by atoms with E-state index in [0.29, 0.717) is 11.3 Å². The second-order valence-corrected chi connectivity index (χ2v) is 7.75. The number of fused-ring (bicyclic) bond motifs is 3. The predicted octanol–water partition coefficient (Wildman–Crippen LogP) is 5.22. The fourth-order valence-corrected chi connectivity index (χ4v) is 4.41. The van der Waals surface area contributed by atoms with Crippen LogP contribution in [0.3, 0.4) is 0 Å². The van der Waals surface area contributed by atoms with E-state index in [1.807, 2.05) is 31.2 Å². The average Bonchev–Trinajstić information content (AvgIpc) is 3.05. The molecule has 0 bridgehead atoms. The molecule has 0 unspecified atom stereocenters. The summed E-state index contributed by atoms with van der Waals surface area (Å²) in [7, 11) is 0. The first kappa shape index (κ1) is 16.3. The number of H-pyrrole nitrogens is 1. The second-order valence-electron chi connectivity index (χ2n) is 7.75. The van der Waals surface area contributed by atoms with Crippen molar-refractivity contribution in [1.29, 1.82) is 0 Å². The molecule has 1 saturated carbocycles. The van der Waals surface area contributed by atoms with Crippen molar-refractivity contribution in [3.63, 3.8) is 0 Å². The Morgan fingerprint density at radius 3 is 2.70 bits per heavy atom. The van der Waals surface area contributed by atoms with Crippen LogP contribution in [0.1, 0.15) is 49.1 Å². The molecule has 5 rings (SSSR count). The number of hydrogen-bond acceptors (Lipinski definition) is 2. The van der Waals surface area contributed by atoms with E-state index in [1.54, 1.807) is 10.9 Å². The average molecular weight is 357 g/mol. The molecule has 4 heteroatoms. The Morgan fingerprint density at radius 2 is 1.89 bits per heavy atom. The highest BCUT2D eigenvalue weighted by atomic mass is 16.1. The van der Waals surface area contributed by atoms with Crippen molar-refractivity contribution in [2.75, 3.05) is 0 Å². The van der Waals surface area contributed by atoms with Crippen LogP contribution in [0.5, 0.6) is 0 Å². The van der Waals surface area contributed by atoms with Crippen molar-refractivity contribution in [3.05, 3.63) is 70.1 Å². The monoisotopic (exact) mass is 357 g/mol. The predicted molar refractivity (Wildman–Crippen MR) is 110 cm³/mol. The van der Waals surface area contributed by atoms with E-state index in [9.17, 15) is 4.79 Å². The van der Waals surface area contributed by atoms with Crippen molar-refractivity contribution >= 4 is 21.8 Å². The zero-order valence-electron chi connectivity index (χ0n) is 15.5. The van der Waals surface area contributed by atoms with E-state index in [1.165, 1.54) is 37.7 Å². The van der Waals surface area contributed by atoms with E-state index in [-0.39, 0.29) is 5.56 Å². The van der Waals surface area contributed by atoms with Crippen LogP contribution in [-0.2, 0) is 0 Å². The van der Waals surface area contributed by atoms with Crippen LogP contribution >= 0.6 is 0 Å². The van der Waals surface area contributed by atoms with E-state index < -0.39 is 0 Å². The van der Waals surface area contributed by atoms with E-state index in [0.717, 1.165) is 27.7 Å². The van der Waals surface area contributed by atoms with Gasteiger partial charge in [-0.05, 0) is 61.1 Å². The van der Waals surface area contributed by atoms with Gasteiger partial charge in [0, 0.05) is 11.6 Å². The molecule has 2 aromatic carbocycles. The number of hydrogen-bond donors (Lipinski definition) is 1. The highest BCUT2D eigenvalue weighted by Crippen LogP contribution is 2.34. The van der Waals surface area contributed by atoms with Crippen molar-refractivity contribution < 1.29 is 0 Å². The van der Waals surface area contributed by atoms with Crippen molar-refractivity contribution in [1.82, 2.24) is 14.8 Å². The maximum atomic E-state index is 13.0. The Bertz CT molecular complexity index is 1200. The van der Waals surface area contributed by atoms with Crippen LogP contribution in [0.4, 0.5) is 0 Å². The molecule has 1 aliphatic carbocycles. The maximum Gasteiger partial charge on any atom is 0.280 e. The molecule has 0 spiro atoms. The fraction of sp³-hybridized carbons (Fsp3) is 0.304. The molecule has 1 aliphatic rings. The summed E-state index contributed by atoms with van der Waals surface area (Å²) < 4.78 is 1.63. The van der Waals surface area contributed by atoms with E-state index in [4.69, 9.17) is 0 Å².